The maximum absolute atomic E-state index is 13.8. The van der Waals surface area contributed by atoms with Gasteiger partial charge in [-0.15, -0.1) is 0 Å². The first-order valence-corrected chi connectivity index (χ1v) is 8.81. The van der Waals surface area contributed by atoms with Crippen molar-refractivity contribution in [2.45, 2.75) is 38.3 Å². The summed E-state index contributed by atoms with van der Waals surface area (Å²) in [5, 5.41) is 3.02. The first-order valence-electron chi connectivity index (χ1n) is 8.81. The number of aryl methyl sites for hydroxylation is 1. The normalized spacial score (nSPS) is 17.8. The van der Waals surface area contributed by atoms with Gasteiger partial charge in [0.05, 0.1) is 0 Å². The molecule has 1 aliphatic heterocycles. The third kappa shape index (κ3) is 5.05. The average Bonchev–Trinajstić information content (AvgIpc) is 2.64. The molecule has 1 aromatic heterocycles. The average molecular weight is 360 g/mol. The molecule has 3 rings (SSSR count). The molecule has 7 heteroatoms. The smallest absolute Gasteiger partial charge is 0.220 e. The van der Waals surface area contributed by atoms with Crippen LogP contribution < -0.4 is 5.32 Å². The number of hydrogen-bond acceptors (Lipinski definition) is 4. The summed E-state index contributed by atoms with van der Waals surface area (Å²) < 4.78 is 27.7. The Morgan fingerprint density at radius 1 is 1.27 bits per heavy atom. The van der Waals surface area contributed by atoms with E-state index in [0.29, 0.717) is 19.4 Å². The van der Waals surface area contributed by atoms with Gasteiger partial charge in [0.2, 0.25) is 5.91 Å². The first-order chi connectivity index (χ1) is 12.6. The Bertz CT molecular complexity index is 721. The molecule has 1 aromatic carbocycles. The molecule has 0 aliphatic carbocycles. The van der Waals surface area contributed by atoms with Crippen LogP contribution in [0.25, 0.3) is 0 Å². The van der Waals surface area contributed by atoms with Crippen molar-refractivity contribution in [2.75, 3.05) is 13.1 Å². The van der Waals surface area contributed by atoms with Crippen LogP contribution in [0, 0.1) is 11.6 Å². The topological polar surface area (TPSA) is 58.1 Å². The third-order valence-electron chi connectivity index (χ3n) is 4.57. The Kier molecular flexibility index (Phi) is 6.22. The summed E-state index contributed by atoms with van der Waals surface area (Å²) in [4.78, 5) is 22.1. The molecule has 0 bridgehead atoms. The number of piperidine rings is 1. The summed E-state index contributed by atoms with van der Waals surface area (Å²) in [7, 11) is 0. The van der Waals surface area contributed by atoms with Crippen molar-refractivity contribution < 1.29 is 13.6 Å². The van der Waals surface area contributed by atoms with E-state index in [2.05, 4.69) is 15.3 Å². The van der Waals surface area contributed by atoms with Gasteiger partial charge in [0.25, 0.3) is 0 Å². The molecule has 26 heavy (non-hydrogen) atoms. The molecule has 1 atom stereocenters. The van der Waals surface area contributed by atoms with E-state index < -0.39 is 11.6 Å². The minimum absolute atomic E-state index is 0.00326. The second kappa shape index (κ2) is 8.80. The highest BCUT2D eigenvalue weighted by atomic mass is 19.1. The Morgan fingerprint density at radius 3 is 2.81 bits per heavy atom. The van der Waals surface area contributed by atoms with Crippen LogP contribution in [0.3, 0.4) is 0 Å². The summed E-state index contributed by atoms with van der Waals surface area (Å²) in [6.07, 6.45) is 5.79. The lowest BCUT2D eigenvalue weighted by Gasteiger charge is -2.33. The summed E-state index contributed by atoms with van der Waals surface area (Å²) >= 11 is 0. The molecule has 1 saturated heterocycles. The number of carbonyl (C=O) groups is 1. The second-order valence-electron chi connectivity index (χ2n) is 6.54. The Balaban J connectivity index is 1.49. The lowest BCUT2D eigenvalue weighted by atomic mass is 10.0. The number of rotatable bonds is 6. The number of nitrogens with zero attached hydrogens (tertiary/aromatic N) is 3. The van der Waals surface area contributed by atoms with E-state index in [0.717, 1.165) is 25.1 Å². The van der Waals surface area contributed by atoms with Gasteiger partial charge in [0, 0.05) is 43.0 Å². The molecule has 1 N–H and O–H groups in total. The number of carbonyl (C=O) groups excluding carboxylic acids is 1. The maximum atomic E-state index is 13.8. The third-order valence-corrected chi connectivity index (χ3v) is 4.57. The number of benzene rings is 1. The minimum Gasteiger partial charge on any atom is -0.352 e. The summed E-state index contributed by atoms with van der Waals surface area (Å²) in [6.45, 7) is 1.57. The van der Waals surface area contributed by atoms with Gasteiger partial charge >= 0.3 is 0 Å². The molecule has 138 valence electrons. The van der Waals surface area contributed by atoms with Crippen molar-refractivity contribution in [1.82, 2.24) is 20.2 Å². The molecule has 1 aliphatic rings. The summed E-state index contributed by atoms with van der Waals surface area (Å²) in [6, 6.07) is 5.70. The van der Waals surface area contributed by atoms with E-state index in [-0.39, 0.29) is 24.1 Å². The van der Waals surface area contributed by atoms with Gasteiger partial charge < -0.3 is 5.32 Å². The largest absolute Gasteiger partial charge is 0.352 e. The minimum atomic E-state index is -0.527. The van der Waals surface area contributed by atoms with Crippen LogP contribution in [-0.2, 0) is 17.8 Å². The zero-order valence-electron chi connectivity index (χ0n) is 14.5. The molecule has 2 aromatic rings. The van der Waals surface area contributed by atoms with Crippen molar-refractivity contribution >= 4 is 5.91 Å². The van der Waals surface area contributed by atoms with Crippen molar-refractivity contribution in [3.8, 4) is 0 Å². The van der Waals surface area contributed by atoms with Gasteiger partial charge in [-0.25, -0.2) is 18.7 Å². The maximum Gasteiger partial charge on any atom is 0.220 e. The van der Waals surface area contributed by atoms with Gasteiger partial charge in [-0.1, -0.05) is 6.07 Å². The summed E-state index contributed by atoms with van der Waals surface area (Å²) in [5.41, 5.74) is 0.915. The molecule has 1 amide bonds. The highest BCUT2D eigenvalue weighted by molar-refractivity contribution is 5.76. The van der Waals surface area contributed by atoms with Crippen molar-refractivity contribution in [3.63, 3.8) is 0 Å². The number of hydrogen-bond donors (Lipinski definition) is 1. The van der Waals surface area contributed by atoms with E-state index in [1.165, 1.54) is 24.5 Å². The molecule has 1 unspecified atom stereocenters. The fraction of sp³-hybridized carbons (Fsp3) is 0.421. The van der Waals surface area contributed by atoms with E-state index in [9.17, 15) is 13.6 Å². The molecule has 0 saturated carbocycles. The molecule has 0 radical (unpaired) electrons. The molecule has 1 fully saturated rings. The Morgan fingerprint density at radius 2 is 2.08 bits per heavy atom. The molecular formula is C19H22F2N4O. The number of halogens is 2. The van der Waals surface area contributed by atoms with Gasteiger partial charge in [-0.2, -0.15) is 0 Å². The molecule has 0 spiro atoms. The highest BCUT2D eigenvalue weighted by Gasteiger charge is 2.23. The fourth-order valence-corrected chi connectivity index (χ4v) is 3.23. The Labute approximate surface area is 151 Å². The van der Waals surface area contributed by atoms with Gasteiger partial charge in [0.15, 0.2) is 0 Å². The van der Waals surface area contributed by atoms with Gasteiger partial charge in [0.1, 0.15) is 18.0 Å². The number of likely N-dealkylation sites (tertiary alicyclic amines) is 1. The fourth-order valence-electron chi connectivity index (χ4n) is 3.23. The van der Waals surface area contributed by atoms with Crippen molar-refractivity contribution in [2.24, 2.45) is 0 Å². The predicted molar refractivity (Wildman–Crippen MR) is 93.2 cm³/mol. The van der Waals surface area contributed by atoms with E-state index in [4.69, 9.17) is 0 Å². The number of amides is 1. The molecule has 5 nitrogen and oxygen atoms in total. The van der Waals surface area contributed by atoms with Crippen LogP contribution >= 0.6 is 0 Å². The quantitative estimate of drug-likeness (QED) is 0.860. The van der Waals surface area contributed by atoms with Crippen LogP contribution in [0.4, 0.5) is 8.78 Å². The van der Waals surface area contributed by atoms with Crippen LogP contribution in [0.1, 0.15) is 30.5 Å². The van der Waals surface area contributed by atoms with E-state index in [1.54, 1.807) is 12.3 Å². The SMILES string of the molecule is O=C(CCc1ccncn1)NC1CCCN(Cc2c(F)cccc2F)C1. The lowest BCUT2D eigenvalue weighted by molar-refractivity contribution is -0.122. The van der Waals surface area contributed by atoms with Gasteiger partial charge in [-0.05, 0) is 44.0 Å². The van der Waals surface area contributed by atoms with Crippen molar-refractivity contribution in [1.29, 1.82) is 0 Å². The molecule has 2 heterocycles. The first kappa shape index (κ1) is 18.4. The van der Waals surface area contributed by atoms with Crippen LogP contribution in [0.2, 0.25) is 0 Å². The standard InChI is InChI=1S/C19H22F2N4O/c20-17-4-1-5-18(21)16(17)12-25-10-2-3-15(11-25)24-19(26)7-6-14-8-9-22-13-23-14/h1,4-5,8-9,13,15H,2-3,6-7,10-12H2,(H,24,26). The zero-order chi connectivity index (χ0) is 18.4. The predicted octanol–water partition coefficient (Wildman–Crippen LogP) is 2.47. The second-order valence-corrected chi connectivity index (χ2v) is 6.54. The van der Waals surface area contributed by atoms with Crippen LogP contribution in [0.5, 0.6) is 0 Å². The van der Waals surface area contributed by atoms with Crippen molar-refractivity contribution in [3.05, 3.63) is 59.7 Å². The summed E-state index contributed by atoms with van der Waals surface area (Å²) in [5.74, 6) is -1.09. The van der Waals surface area contributed by atoms with E-state index >= 15 is 0 Å². The monoisotopic (exact) mass is 360 g/mol. The Hall–Kier alpha value is -2.41. The van der Waals surface area contributed by atoms with Crippen LogP contribution in [-0.4, -0.2) is 39.9 Å². The lowest BCUT2D eigenvalue weighted by Crippen LogP contribution is -2.47. The molecular weight excluding hydrogens is 338 g/mol. The van der Waals surface area contributed by atoms with E-state index in [1.807, 2.05) is 4.90 Å². The highest BCUT2D eigenvalue weighted by Crippen LogP contribution is 2.18. The number of aromatic nitrogens is 2. The van der Waals surface area contributed by atoms with Gasteiger partial charge in [-0.3, -0.25) is 9.69 Å². The van der Waals surface area contributed by atoms with Crippen LogP contribution in [0.15, 0.2) is 36.8 Å². The number of nitrogens with one attached hydrogen (secondary N) is 1. The zero-order valence-corrected chi connectivity index (χ0v) is 14.5.